The molecule has 1 aliphatic heterocycles. The van der Waals surface area contributed by atoms with Gasteiger partial charge in [0, 0.05) is 22.6 Å². The number of nitrogens with one attached hydrogen (secondary N) is 3. The van der Waals surface area contributed by atoms with Crippen molar-refractivity contribution in [2.75, 3.05) is 18.5 Å². The Morgan fingerprint density at radius 1 is 0.744 bits per heavy atom. The number of nitrogens with zero attached hydrogens (tertiary/aromatic N) is 2. The van der Waals surface area contributed by atoms with Crippen LogP contribution < -0.4 is 25.7 Å². The molecule has 2 fully saturated rings. The summed E-state index contributed by atoms with van der Waals surface area (Å²) in [5.74, 6) is -5.36. The molecule has 0 spiro atoms. The van der Waals surface area contributed by atoms with Gasteiger partial charge in [-0.2, -0.15) is 0 Å². The number of aromatic carboxylic acids is 1. The summed E-state index contributed by atoms with van der Waals surface area (Å²) in [5, 5.41) is 17.6. The number of amidine groups is 1. The van der Waals surface area contributed by atoms with Crippen molar-refractivity contribution in [2.24, 2.45) is 40.5 Å². The Balaban J connectivity index is 0.00000585. The standard InChI is InChI=1S/C64H73N5O14S.ClH.Zn/c1-11-50(71)79-31-45(32-80-51(72)12-2)65-40(9)60(73)68-58-54(63(77)82-56-36(5)23-34(3)24-37(56)6)52(42-19-15-13-16-20-42)48(66-58)30-49-53(43-21-17-14-18-22-43)55(64(78)83-57-38(7)25-35(4)26-39(57)8)59(67-49)69-61(74)41(10)84-47-28-44(62(75)76)27-46(29-47)81-33-70;;/h11-22,27-30,33-41,45,56-57,65H,1-2,23-26,31-32H2,3-10H3,(H4,66,67,68,69,73,74,75,76,77,78);1H;/q;;+2/p-2. The van der Waals surface area contributed by atoms with E-state index in [1.807, 2.05) is 27.7 Å². The van der Waals surface area contributed by atoms with Crippen LogP contribution in [0.4, 0.5) is 5.82 Å². The first kappa shape index (κ1) is 67.7. The molecule has 2 aliphatic carbocycles. The average molecular weight is 1270 g/mol. The molecule has 4 aromatic rings. The summed E-state index contributed by atoms with van der Waals surface area (Å²) in [6.45, 7) is 21.9. The third-order valence-corrected chi connectivity index (χ3v) is 16.2. The van der Waals surface area contributed by atoms with E-state index in [1.54, 1.807) is 73.7 Å². The predicted octanol–water partition coefficient (Wildman–Crippen LogP) is 10.3. The third kappa shape index (κ3) is 17.6. The Hall–Kier alpha value is -7.45. The van der Waals surface area contributed by atoms with Crippen LogP contribution in [0.3, 0.4) is 0 Å². The Labute approximate surface area is 519 Å². The molecule has 4 N–H and O–H groups in total. The van der Waals surface area contributed by atoms with E-state index in [9.17, 15) is 33.9 Å². The molecule has 2 heterocycles. The van der Waals surface area contributed by atoms with Gasteiger partial charge in [-0.15, -0.1) is 11.8 Å². The average Bonchev–Trinajstić information content (AvgIpc) is 1.75. The number of allylic oxidation sites excluding steroid dienone is 1. The summed E-state index contributed by atoms with van der Waals surface area (Å²) in [7, 11) is 4.76. The van der Waals surface area contributed by atoms with E-state index in [0.717, 1.165) is 66.9 Å². The maximum atomic E-state index is 15.2. The summed E-state index contributed by atoms with van der Waals surface area (Å²) >= 11 is 1.82. The predicted molar refractivity (Wildman–Crippen MR) is 323 cm³/mol. The normalized spacial score (nSPS) is 22.0. The van der Waals surface area contributed by atoms with Gasteiger partial charge in [0.05, 0.1) is 34.2 Å². The van der Waals surface area contributed by atoms with Crippen LogP contribution in [-0.2, 0) is 65.0 Å². The number of esters is 4. The molecule has 6 atom stereocenters. The van der Waals surface area contributed by atoms with Gasteiger partial charge in [-0.05, 0) is 128 Å². The molecule has 0 bridgehead atoms. The Morgan fingerprint density at radius 3 is 1.78 bits per heavy atom. The fourth-order valence-electron chi connectivity index (χ4n) is 11.5. The number of aromatic nitrogens is 1. The summed E-state index contributed by atoms with van der Waals surface area (Å²) in [6, 6.07) is 19.7. The number of hydrogen-bond donors (Lipinski definition) is 4. The molecule has 86 heavy (non-hydrogen) atoms. The fraction of sp³-hybridized carbons (Fsp3) is 0.391. The van der Waals surface area contributed by atoms with Crippen LogP contribution in [0.2, 0.25) is 0 Å². The van der Waals surface area contributed by atoms with Gasteiger partial charge < -0.3 is 44.4 Å². The van der Waals surface area contributed by atoms with Crippen molar-refractivity contribution in [1.29, 1.82) is 0 Å². The molecule has 3 aliphatic rings. The van der Waals surface area contributed by atoms with Crippen LogP contribution in [-0.4, -0.2) is 102 Å². The minimum atomic E-state index is -1.29. The second kappa shape index (κ2) is 31.8. The second-order valence-corrected chi connectivity index (χ2v) is 23.5. The van der Waals surface area contributed by atoms with Crippen LogP contribution in [0, 0.1) is 35.5 Å². The van der Waals surface area contributed by atoms with Crippen molar-refractivity contribution in [3.63, 3.8) is 0 Å². The number of anilines is 1. The Morgan fingerprint density at radius 2 is 1.27 bits per heavy atom. The summed E-state index contributed by atoms with van der Waals surface area (Å²) in [5.41, 5.74) is 1.37. The van der Waals surface area contributed by atoms with Crippen LogP contribution in [0.1, 0.15) is 113 Å². The molecule has 2 saturated carbocycles. The number of hydrogen-bond acceptors (Lipinski definition) is 16. The molecule has 3 aromatic carbocycles. The molecule has 0 radical (unpaired) electrons. The van der Waals surface area contributed by atoms with Gasteiger partial charge in [0.15, 0.2) is 5.91 Å². The van der Waals surface area contributed by atoms with E-state index in [1.165, 1.54) is 25.1 Å². The monoisotopic (exact) mass is 1270 g/mol. The van der Waals surface area contributed by atoms with Gasteiger partial charge in [-0.25, -0.2) is 29.0 Å². The zero-order chi connectivity index (χ0) is 62.9. The quantitative estimate of drug-likeness (QED) is 0.0134. The first-order valence-electron chi connectivity index (χ1n) is 28.3. The number of thioether (sulfide) groups is 1. The topological polar surface area (TPSA) is 265 Å². The number of carbonyl (C=O) groups excluding carboxylic acids is 7. The zero-order valence-corrected chi connectivity index (χ0v) is 54.0. The molecule has 2 amide bonds. The van der Waals surface area contributed by atoms with Crippen molar-refractivity contribution in [3.8, 4) is 16.9 Å². The number of carboxylic acids is 1. The Kier molecular flexibility index (Phi) is 25.0. The van der Waals surface area contributed by atoms with Crippen molar-refractivity contribution in [1.82, 2.24) is 15.6 Å². The summed E-state index contributed by atoms with van der Waals surface area (Å²) in [4.78, 5) is 117. The van der Waals surface area contributed by atoms with Crippen molar-refractivity contribution < 1.29 is 84.5 Å². The third-order valence-electron chi connectivity index (χ3n) is 15.1. The van der Waals surface area contributed by atoms with Crippen LogP contribution in [0.5, 0.6) is 5.75 Å². The number of ether oxygens (including phenoxy) is 5. The van der Waals surface area contributed by atoms with E-state index >= 15 is 9.59 Å². The van der Waals surface area contributed by atoms with E-state index in [2.05, 4.69) is 43.0 Å². The second-order valence-electron chi connectivity index (χ2n) is 22.1. The number of rotatable bonds is 23. The fourth-order valence-corrected chi connectivity index (χ4v) is 12.5. The van der Waals surface area contributed by atoms with Crippen LogP contribution in [0.15, 0.2) is 125 Å². The van der Waals surface area contributed by atoms with E-state index in [-0.39, 0.29) is 100.0 Å². The van der Waals surface area contributed by atoms with Crippen LogP contribution >= 0.6 is 21.5 Å². The van der Waals surface area contributed by atoms with Gasteiger partial charge in [0.1, 0.15) is 42.6 Å². The van der Waals surface area contributed by atoms with Crippen molar-refractivity contribution >= 4 is 92.9 Å². The van der Waals surface area contributed by atoms with Gasteiger partial charge in [-0.1, -0.05) is 115 Å². The van der Waals surface area contributed by atoms with Crippen LogP contribution in [0.25, 0.3) is 22.8 Å². The SMILES string of the molecule is C=CC(=O)OCC(COC(=O)C=C)NC(C)C(=O)NC1=N/C(=C\c2[n-]c(NC(=O)C(C)Sc3cc(OC=O)cc(C(=O)O)c3)c(C(=O)OC3C(C)CC(C)CC3C)c2-c2ccccc2)C(c2ccccc2)=C1C(=O)OC1C(C)CC(C)CC1C.[Cl][Zn+]. The Bertz CT molecular complexity index is 3210. The minimum absolute atomic E-state index is 0.0175. The van der Waals surface area contributed by atoms with Gasteiger partial charge in [0.25, 0.3) is 6.47 Å². The number of carbonyl (C=O) groups is 8. The number of benzene rings is 3. The van der Waals surface area contributed by atoms with E-state index in [0.29, 0.717) is 27.9 Å². The van der Waals surface area contributed by atoms with Gasteiger partial charge >= 0.3 is 56.8 Å². The summed E-state index contributed by atoms with van der Waals surface area (Å²) in [6.07, 6.45) is 5.72. The molecule has 22 heteroatoms. The molecule has 1 aromatic heterocycles. The van der Waals surface area contributed by atoms with Crippen molar-refractivity contribution in [3.05, 3.63) is 138 Å². The van der Waals surface area contributed by atoms with Gasteiger partial charge in [0.2, 0.25) is 5.91 Å². The molecule has 19 nitrogen and oxygen atoms in total. The molecule has 6 unspecified atom stereocenters. The molecule has 452 valence electrons. The van der Waals surface area contributed by atoms with Gasteiger partial charge in [-0.3, -0.25) is 19.7 Å². The number of carboxylic acid groups (broad SMARTS) is 1. The first-order chi connectivity index (χ1) is 41.1. The van der Waals surface area contributed by atoms with Crippen molar-refractivity contribution in [2.45, 2.75) is 116 Å². The van der Waals surface area contributed by atoms with E-state index < -0.39 is 71.2 Å². The molecular weight excluding hydrogens is 1200 g/mol. The molecule has 7 rings (SSSR count). The zero-order valence-electron chi connectivity index (χ0n) is 49.5. The first-order valence-corrected chi connectivity index (χ1v) is 33.0. The number of halogens is 1. The maximum absolute atomic E-state index is 15.2. The summed E-state index contributed by atoms with van der Waals surface area (Å²) < 4.78 is 28.5. The number of aliphatic imine (C=N–C) groups is 1. The molecule has 0 saturated heterocycles. The van der Waals surface area contributed by atoms with E-state index in [4.69, 9.17) is 43.4 Å². The number of amides is 2. The molecular formula is C64H72ClN5O14SZn.